The molecule has 6 atom stereocenters. The molecule has 1 N–H and O–H groups in total. The molecule has 4 aliphatic carbocycles. The van der Waals surface area contributed by atoms with Crippen molar-refractivity contribution in [3.05, 3.63) is 23.7 Å². The Labute approximate surface area is 155 Å². The van der Waals surface area contributed by atoms with Gasteiger partial charge >= 0.3 is 5.97 Å². The second-order valence-corrected chi connectivity index (χ2v) is 9.85. The number of aliphatic hydroxyl groups is 1. The van der Waals surface area contributed by atoms with Gasteiger partial charge in [0.25, 0.3) is 0 Å². The fourth-order valence-electron chi connectivity index (χ4n) is 7.72. The lowest BCUT2D eigenvalue weighted by Crippen LogP contribution is -2.51. The number of hydrogen-bond acceptors (Lipinski definition) is 4. The molecule has 1 aromatic rings. The molecule has 0 saturated heterocycles. The third-order valence-electron chi connectivity index (χ3n) is 8.71. The largest absolute Gasteiger partial charge is 0.469 e. The number of aryl methyl sites for hydroxylation is 1. The molecule has 142 valence electrons. The van der Waals surface area contributed by atoms with Crippen LogP contribution >= 0.6 is 0 Å². The summed E-state index contributed by atoms with van der Waals surface area (Å²) in [4.78, 5) is 11.3. The Morgan fingerprint density at radius 3 is 3.00 bits per heavy atom. The molecule has 1 aromatic heterocycles. The van der Waals surface area contributed by atoms with E-state index >= 15 is 0 Å². The van der Waals surface area contributed by atoms with Gasteiger partial charge in [0.15, 0.2) is 0 Å². The minimum atomic E-state index is -0.820. The van der Waals surface area contributed by atoms with Crippen molar-refractivity contribution in [3.63, 3.8) is 0 Å². The van der Waals surface area contributed by atoms with Crippen molar-refractivity contribution in [1.82, 2.24) is 0 Å². The molecule has 3 fully saturated rings. The molecular formula is C22H30O4. The van der Waals surface area contributed by atoms with Gasteiger partial charge < -0.3 is 14.3 Å². The molecule has 0 unspecified atom stereocenters. The molecule has 26 heavy (non-hydrogen) atoms. The summed E-state index contributed by atoms with van der Waals surface area (Å²) in [5, 5.41) is 11.4. The minimum Gasteiger partial charge on any atom is -0.469 e. The molecule has 4 nitrogen and oxygen atoms in total. The van der Waals surface area contributed by atoms with Crippen LogP contribution < -0.4 is 0 Å². The number of rotatable bonds is 2. The minimum absolute atomic E-state index is 0.174. The lowest BCUT2D eigenvalue weighted by atomic mass is 9.45. The summed E-state index contributed by atoms with van der Waals surface area (Å²) in [6.45, 7) is 4.11. The van der Waals surface area contributed by atoms with Gasteiger partial charge in [-0.2, -0.15) is 0 Å². The Hall–Kier alpha value is -1.29. The molecule has 2 bridgehead atoms. The first-order valence-corrected chi connectivity index (χ1v) is 10.3. The number of ether oxygens (including phenoxy) is 1. The summed E-state index contributed by atoms with van der Waals surface area (Å²) in [5.41, 5.74) is 1.15. The number of fused-ring (bicyclic) bond motifs is 5. The van der Waals surface area contributed by atoms with Crippen LogP contribution in [0.25, 0.3) is 0 Å². The Bertz CT molecular complexity index is 738. The monoisotopic (exact) mass is 358 g/mol. The van der Waals surface area contributed by atoms with E-state index in [1.54, 1.807) is 0 Å². The summed E-state index contributed by atoms with van der Waals surface area (Å²) in [7, 11) is 0. The van der Waals surface area contributed by atoms with Gasteiger partial charge in [0.2, 0.25) is 0 Å². The SMILES string of the molecule is CC(=O)OC[C@]1(O)C[C@@]23CC[C@@H]4c5ccoc5CC[C@]4(C)[C@H]2CC[C@H]1C3. The van der Waals surface area contributed by atoms with Gasteiger partial charge in [0.1, 0.15) is 18.0 Å². The van der Waals surface area contributed by atoms with E-state index in [4.69, 9.17) is 9.15 Å². The van der Waals surface area contributed by atoms with Crippen LogP contribution in [0.1, 0.15) is 76.0 Å². The summed E-state index contributed by atoms with van der Waals surface area (Å²) in [6.07, 6.45) is 10.7. The second-order valence-electron chi connectivity index (χ2n) is 9.85. The van der Waals surface area contributed by atoms with E-state index in [0.717, 1.165) is 25.7 Å². The summed E-state index contributed by atoms with van der Waals surface area (Å²) < 4.78 is 11.0. The highest BCUT2D eigenvalue weighted by Crippen LogP contribution is 2.72. The van der Waals surface area contributed by atoms with E-state index in [1.165, 1.54) is 43.9 Å². The zero-order valence-corrected chi connectivity index (χ0v) is 15.9. The summed E-state index contributed by atoms with van der Waals surface area (Å²) in [6, 6.07) is 2.20. The van der Waals surface area contributed by atoms with Gasteiger partial charge in [-0.3, -0.25) is 4.79 Å². The standard InChI is InChI=1S/C22H30O4/c1-14(23)26-13-22(24)12-21-9-5-17-16-7-10-25-18(16)6-8-20(17,2)19(21)4-3-15(22)11-21/h7,10,15,17,19,24H,3-6,8-9,11-13H2,1-2H3/t15-,17+,19+,20-,21-,22+/m0/s1. The van der Waals surface area contributed by atoms with Crippen LogP contribution in [0, 0.1) is 22.7 Å². The van der Waals surface area contributed by atoms with Gasteiger partial charge in [-0.05, 0) is 85.2 Å². The Morgan fingerprint density at radius 1 is 1.35 bits per heavy atom. The van der Waals surface area contributed by atoms with Crippen LogP contribution in [-0.4, -0.2) is 23.3 Å². The van der Waals surface area contributed by atoms with E-state index < -0.39 is 5.60 Å². The lowest BCUT2D eigenvalue weighted by molar-refractivity contribution is -0.151. The zero-order valence-electron chi connectivity index (χ0n) is 15.9. The fourth-order valence-corrected chi connectivity index (χ4v) is 7.72. The van der Waals surface area contributed by atoms with Gasteiger partial charge in [0, 0.05) is 13.3 Å². The number of carbonyl (C=O) groups excluding carboxylic acids is 1. The van der Waals surface area contributed by atoms with Crippen molar-refractivity contribution in [2.24, 2.45) is 22.7 Å². The van der Waals surface area contributed by atoms with Crippen LogP contribution in [0.2, 0.25) is 0 Å². The predicted octanol–water partition coefficient (Wildman–Crippen LogP) is 4.21. The maximum absolute atomic E-state index is 11.4. The van der Waals surface area contributed by atoms with Crippen molar-refractivity contribution >= 4 is 5.97 Å². The maximum Gasteiger partial charge on any atom is 0.302 e. The molecule has 4 heteroatoms. The third-order valence-corrected chi connectivity index (χ3v) is 8.71. The molecule has 0 radical (unpaired) electrons. The molecule has 0 amide bonds. The first kappa shape index (κ1) is 16.9. The van der Waals surface area contributed by atoms with Gasteiger partial charge in [0.05, 0.1) is 6.26 Å². The molecular weight excluding hydrogens is 328 g/mol. The average Bonchev–Trinajstić information content (AvgIpc) is 3.14. The quantitative estimate of drug-likeness (QED) is 0.805. The lowest BCUT2D eigenvalue weighted by Gasteiger charge is -2.59. The number of carbonyl (C=O) groups is 1. The molecule has 1 spiro atoms. The number of esters is 1. The van der Waals surface area contributed by atoms with Crippen LogP contribution in [-0.2, 0) is 16.0 Å². The molecule has 0 aliphatic heterocycles. The highest BCUT2D eigenvalue weighted by atomic mass is 16.5. The summed E-state index contributed by atoms with van der Waals surface area (Å²) in [5.74, 6) is 2.45. The van der Waals surface area contributed by atoms with Gasteiger partial charge in [-0.1, -0.05) is 6.92 Å². The zero-order chi connectivity index (χ0) is 18.2. The molecule has 4 aliphatic rings. The van der Waals surface area contributed by atoms with E-state index in [0.29, 0.717) is 17.3 Å². The van der Waals surface area contributed by atoms with Crippen molar-refractivity contribution in [2.45, 2.75) is 76.7 Å². The first-order valence-electron chi connectivity index (χ1n) is 10.3. The molecule has 3 saturated carbocycles. The third kappa shape index (κ3) is 2.14. The van der Waals surface area contributed by atoms with Crippen molar-refractivity contribution in [1.29, 1.82) is 0 Å². The van der Waals surface area contributed by atoms with Crippen LogP contribution in [0.3, 0.4) is 0 Å². The smallest absolute Gasteiger partial charge is 0.302 e. The van der Waals surface area contributed by atoms with Crippen molar-refractivity contribution in [2.75, 3.05) is 6.61 Å². The highest BCUT2D eigenvalue weighted by molar-refractivity contribution is 5.66. The number of furan rings is 1. The first-order chi connectivity index (χ1) is 12.4. The topological polar surface area (TPSA) is 59.7 Å². The van der Waals surface area contributed by atoms with Crippen LogP contribution in [0.15, 0.2) is 16.7 Å². The van der Waals surface area contributed by atoms with Crippen molar-refractivity contribution in [3.8, 4) is 0 Å². The second kappa shape index (κ2) is 5.37. The highest BCUT2D eigenvalue weighted by Gasteiger charge is 2.66. The fraction of sp³-hybridized carbons (Fsp3) is 0.773. The Kier molecular flexibility index (Phi) is 3.48. The Balaban J connectivity index is 1.47. The van der Waals surface area contributed by atoms with Crippen LogP contribution in [0.4, 0.5) is 0 Å². The van der Waals surface area contributed by atoms with E-state index in [-0.39, 0.29) is 23.9 Å². The van der Waals surface area contributed by atoms with E-state index in [2.05, 4.69) is 13.0 Å². The predicted molar refractivity (Wildman–Crippen MR) is 96.6 cm³/mol. The van der Waals surface area contributed by atoms with E-state index in [9.17, 15) is 9.90 Å². The normalized spacial score (nSPS) is 46.2. The van der Waals surface area contributed by atoms with E-state index in [1.807, 2.05) is 6.26 Å². The molecule has 1 heterocycles. The van der Waals surface area contributed by atoms with Gasteiger partial charge in [-0.25, -0.2) is 0 Å². The Morgan fingerprint density at radius 2 is 2.19 bits per heavy atom. The summed E-state index contributed by atoms with van der Waals surface area (Å²) >= 11 is 0. The molecule has 5 rings (SSSR count). The van der Waals surface area contributed by atoms with Crippen LogP contribution in [0.5, 0.6) is 0 Å². The average molecular weight is 358 g/mol. The maximum atomic E-state index is 11.4. The van der Waals surface area contributed by atoms with Crippen molar-refractivity contribution < 1.29 is 19.1 Å². The number of hydrogen-bond donors (Lipinski definition) is 1. The van der Waals surface area contributed by atoms with Gasteiger partial charge in [-0.15, -0.1) is 0 Å². The molecule has 0 aromatic carbocycles.